The summed E-state index contributed by atoms with van der Waals surface area (Å²) < 4.78 is 5.45. The molecule has 0 aromatic carbocycles. The van der Waals surface area contributed by atoms with Crippen molar-refractivity contribution in [1.82, 2.24) is 10.3 Å². The van der Waals surface area contributed by atoms with E-state index in [2.05, 4.69) is 10.3 Å². The largest absolute Gasteiger partial charge is 0.472 e. The van der Waals surface area contributed by atoms with Crippen molar-refractivity contribution in [2.45, 2.75) is 12.8 Å². The minimum atomic E-state index is -0.471. The van der Waals surface area contributed by atoms with Crippen molar-refractivity contribution >= 4 is 18.1 Å². The summed E-state index contributed by atoms with van der Waals surface area (Å²) in [4.78, 5) is 14.2. The fraction of sp³-hybridized carbons (Fsp3) is 0.545. The molecule has 0 bridgehead atoms. The van der Waals surface area contributed by atoms with E-state index in [0.717, 1.165) is 25.9 Å². The smallest absolute Gasteiger partial charge is 0.330 e. The Morgan fingerprint density at radius 2 is 2.44 bits per heavy atom. The highest BCUT2D eigenvalue weighted by Gasteiger charge is 2.18. The van der Waals surface area contributed by atoms with Crippen molar-refractivity contribution in [3.63, 3.8) is 0 Å². The predicted octanol–water partition coefficient (Wildman–Crippen LogP) is 1.79. The first kappa shape index (κ1) is 14.7. The Balaban J connectivity index is 0.00000162. The average Bonchev–Trinajstić information content (AvgIpc) is 2.38. The van der Waals surface area contributed by atoms with Crippen molar-refractivity contribution in [2.24, 2.45) is 5.92 Å². The topological polar surface area (TPSA) is 77.3 Å². The third-order valence-corrected chi connectivity index (χ3v) is 2.80. The second-order valence-electron chi connectivity index (χ2n) is 4.11. The number of hydrogen-bond donors (Lipinski definition) is 1. The Kier molecular flexibility index (Phi) is 5.80. The van der Waals surface area contributed by atoms with Gasteiger partial charge in [-0.15, -0.1) is 12.4 Å². The summed E-state index contributed by atoms with van der Waals surface area (Å²) in [6.45, 7) is 2.42. The van der Waals surface area contributed by atoms with E-state index >= 15 is 0 Å². The molecule has 2 heterocycles. The summed E-state index contributed by atoms with van der Waals surface area (Å²) >= 11 is 0. The summed E-state index contributed by atoms with van der Waals surface area (Å²) in [5.41, 5.74) is -0.0729. The molecule has 0 aliphatic carbocycles. The zero-order valence-electron chi connectivity index (χ0n) is 9.87. The molecule has 0 spiro atoms. The van der Waals surface area contributed by atoms with Gasteiger partial charge in [0.2, 0.25) is 0 Å². The molecule has 2 rings (SSSR count). The van der Waals surface area contributed by atoms with Crippen LogP contribution in [0.2, 0.25) is 0 Å². The van der Waals surface area contributed by atoms with Gasteiger partial charge in [-0.25, -0.2) is 4.98 Å². The molecule has 1 N–H and O–H groups in total. The molecule has 1 aliphatic heterocycles. The van der Waals surface area contributed by atoms with E-state index in [1.807, 2.05) is 0 Å². The maximum atomic E-state index is 10.7. The van der Waals surface area contributed by atoms with Gasteiger partial charge in [0, 0.05) is 24.7 Å². The summed E-state index contributed by atoms with van der Waals surface area (Å²) in [5.74, 6) is 0.522. The number of nitrogens with one attached hydrogen (secondary N) is 1. The highest BCUT2D eigenvalue weighted by atomic mass is 35.5. The lowest BCUT2D eigenvalue weighted by Gasteiger charge is -2.22. The minimum absolute atomic E-state index is 0. The van der Waals surface area contributed by atoms with Crippen LogP contribution in [0.4, 0.5) is 5.69 Å². The SMILES string of the molecule is Cl.O=[N+]([O-])c1cccnc1OCC1CCCNC1. The van der Waals surface area contributed by atoms with Gasteiger partial charge in [-0.2, -0.15) is 0 Å². The average molecular weight is 274 g/mol. The molecule has 1 unspecified atom stereocenters. The number of pyridine rings is 1. The molecule has 7 heteroatoms. The Labute approximate surface area is 111 Å². The van der Waals surface area contributed by atoms with E-state index < -0.39 is 4.92 Å². The molecule has 0 amide bonds. The first-order valence-corrected chi connectivity index (χ1v) is 5.70. The number of hydrogen-bond acceptors (Lipinski definition) is 5. The highest BCUT2D eigenvalue weighted by Crippen LogP contribution is 2.23. The van der Waals surface area contributed by atoms with Crippen LogP contribution in [0.25, 0.3) is 0 Å². The van der Waals surface area contributed by atoms with Crippen molar-refractivity contribution in [3.05, 3.63) is 28.4 Å². The molecule has 1 saturated heterocycles. The van der Waals surface area contributed by atoms with Gasteiger partial charge >= 0.3 is 5.69 Å². The Morgan fingerprint density at radius 3 is 3.11 bits per heavy atom. The van der Waals surface area contributed by atoms with Crippen LogP contribution in [0, 0.1) is 16.0 Å². The number of nitrogens with zero attached hydrogens (tertiary/aromatic N) is 2. The van der Waals surface area contributed by atoms with Gasteiger partial charge in [-0.1, -0.05) is 0 Å². The zero-order valence-corrected chi connectivity index (χ0v) is 10.7. The number of rotatable bonds is 4. The van der Waals surface area contributed by atoms with Gasteiger partial charge in [0.15, 0.2) is 0 Å². The van der Waals surface area contributed by atoms with Crippen LogP contribution in [0.1, 0.15) is 12.8 Å². The van der Waals surface area contributed by atoms with Crippen LogP contribution >= 0.6 is 12.4 Å². The lowest BCUT2D eigenvalue weighted by molar-refractivity contribution is -0.386. The zero-order chi connectivity index (χ0) is 12.1. The van der Waals surface area contributed by atoms with E-state index in [0.29, 0.717) is 12.5 Å². The van der Waals surface area contributed by atoms with Gasteiger partial charge in [0.05, 0.1) is 11.5 Å². The number of halogens is 1. The van der Waals surface area contributed by atoms with Crippen LogP contribution in [0.5, 0.6) is 5.88 Å². The minimum Gasteiger partial charge on any atom is -0.472 e. The van der Waals surface area contributed by atoms with E-state index in [1.165, 1.54) is 18.3 Å². The molecule has 1 atom stereocenters. The van der Waals surface area contributed by atoms with Crippen molar-refractivity contribution < 1.29 is 9.66 Å². The molecule has 0 radical (unpaired) electrons. The number of ether oxygens (including phenoxy) is 1. The molecular formula is C11H16ClN3O3. The first-order chi connectivity index (χ1) is 8.27. The molecule has 1 aromatic heterocycles. The van der Waals surface area contributed by atoms with Gasteiger partial charge in [0.25, 0.3) is 5.88 Å². The highest BCUT2D eigenvalue weighted by molar-refractivity contribution is 5.85. The Bertz CT molecular complexity index is 397. The summed E-state index contributed by atoms with van der Waals surface area (Å²) in [5, 5.41) is 14.0. The standard InChI is InChI=1S/C11H15N3O3.ClH/c15-14(16)10-4-2-6-13-11(10)17-8-9-3-1-5-12-7-9;/h2,4,6,9,12H,1,3,5,7-8H2;1H. The van der Waals surface area contributed by atoms with E-state index in [4.69, 9.17) is 4.74 Å². The summed E-state index contributed by atoms with van der Waals surface area (Å²) in [6, 6.07) is 2.94. The second-order valence-corrected chi connectivity index (χ2v) is 4.11. The molecular weight excluding hydrogens is 258 g/mol. The predicted molar refractivity (Wildman–Crippen MR) is 69.2 cm³/mol. The number of nitro groups is 1. The molecule has 0 saturated carbocycles. The van der Waals surface area contributed by atoms with Gasteiger partial charge in [-0.3, -0.25) is 10.1 Å². The lowest BCUT2D eigenvalue weighted by Crippen LogP contribution is -2.33. The first-order valence-electron chi connectivity index (χ1n) is 5.70. The lowest BCUT2D eigenvalue weighted by atomic mass is 10.0. The molecule has 6 nitrogen and oxygen atoms in total. The quantitative estimate of drug-likeness (QED) is 0.668. The number of aromatic nitrogens is 1. The van der Waals surface area contributed by atoms with Crippen molar-refractivity contribution in [3.8, 4) is 5.88 Å². The fourth-order valence-corrected chi connectivity index (χ4v) is 1.90. The monoisotopic (exact) mass is 273 g/mol. The van der Waals surface area contributed by atoms with E-state index in [1.54, 1.807) is 0 Å². The summed E-state index contributed by atoms with van der Waals surface area (Å²) in [6.07, 6.45) is 3.72. The summed E-state index contributed by atoms with van der Waals surface area (Å²) in [7, 11) is 0. The van der Waals surface area contributed by atoms with Crippen LogP contribution in [-0.2, 0) is 0 Å². The molecule has 100 valence electrons. The second kappa shape index (κ2) is 7.13. The third-order valence-electron chi connectivity index (χ3n) is 2.80. The molecule has 1 fully saturated rings. The van der Waals surface area contributed by atoms with Crippen LogP contribution in [0.3, 0.4) is 0 Å². The van der Waals surface area contributed by atoms with E-state index in [-0.39, 0.29) is 24.0 Å². The van der Waals surface area contributed by atoms with E-state index in [9.17, 15) is 10.1 Å². The molecule has 18 heavy (non-hydrogen) atoms. The van der Waals surface area contributed by atoms with Gasteiger partial charge < -0.3 is 10.1 Å². The van der Waals surface area contributed by atoms with Gasteiger partial charge in [-0.05, 0) is 25.5 Å². The van der Waals surface area contributed by atoms with Crippen molar-refractivity contribution in [2.75, 3.05) is 19.7 Å². The van der Waals surface area contributed by atoms with Crippen LogP contribution in [-0.4, -0.2) is 29.6 Å². The molecule has 1 aliphatic rings. The van der Waals surface area contributed by atoms with Crippen LogP contribution < -0.4 is 10.1 Å². The third kappa shape index (κ3) is 3.82. The maximum absolute atomic E-state index is 10.7. The molecule has 1 aromatic rings. The van der Waals surface area contributed by atoms with Crippen LogP contribution in [0.15, 0.2) is 18.3 Å². The Hall–Kier alpha value is -1.40. The maximum Gasteiger partial charge on any atom is 0.330 e. The van der Waals surface area contributed by atoms with Gasteiger partial charge in [0.1, 0.15) is 0 Å². The fourth-order valence-electron chi connectivity index (χ4n) is 1.90. The normalized spacial score (nSPS) is 18.8. The Morgan fingerprint density at radius 1 is 1.61 bits per heavy atom. The number of piperidine rings is 1. The van der Waals surface area contributed by atoms with Crippen molar-refractivity contribution in [1.29, 1.82) is 0 Å².